The van der Waals surface area contributed by atoms with Gasteiger partial charge in [-0.15, -0.1) is 0 Å². The minimum atomic E-state index is -0.0511. The number of amides is 2. The van der Waals surface area contributed by atoms with Gasteiger partial charge in [0.05, 0.1) is 0 Å². The molecule has 0 aliphatic carbocycles. The Morgan fingerprint density at radius 3 is 2.40 bits per heavy atom. The molecule has 108 valence electrons. The topological polar surface area (TPSA) is 40.6 Å². The summed E-state index contributed by atoms with van der Waals surface area (Å²) in [7, 11) is 0. The maximum absolute atomic E-state index is 12.4. The Morgan fingerprint density at radius 1 is 1.15 bits per heavy atom. The lowest BCUT2D eigenvalue weighted by molar-refractivity contribution is -0.136. The summed E-state index contributed by atoms with van der Waals surface area (Å²) in [5.41, 5.74) is 2.93. The van der Waals surface area contributed by atoms with E-state index in [1.807, 2.05) is 50.8 Å². The van der Waals surface area contributed by atoms with Crippen LogP contribution in [0.25, 0.3) is 0 Å². The summed E-state index contributed by atoms with van der Waals surface area (Å²) in [6.45, 7) is 9.42. The molecular formula is C16H22N2O2. The third-order valence-electron chi connectivity index (χ3n) is 3.92. The van der Waals surface area contributed by atoms with Gasteiger partial charge < -0.3 is 9.80 Å². The van der Waals surface area contributed by atoms with Gasteiger partial charge in [0.1, 0.15) is 6.54 Å². The second-order valence-corrected chi connectivity index (χ2v) is 5.71. The lowest BCUT2D eigenvalue weighted by atomic mass is 10.1. The maximum Gasteiger partial charge on any atom is 0.254 e. The van der Waals surface area contributed by atoms with E-state index < -0.39 is 0 Å². The van der Waals surface area contributed by atoms with E-state index in [0.29, 0.717) is 18.7 Å². The summed E-state index contributed by atoms with van der Waals surface area (Å²) < 4.78 is 0. The van der Waals surface area contributed by atoms with Gasteiger partial charge in [-0.25, -0.2) is 0 Å². The lowest BCUT2D eigenvalue weighted by Crippen LogP contribution is -2.54. The molecule has 2 amide bonds. The summed E-state index contributed by atoms with van der Waals surface area (Å²) in [5, 5.41) is 0. The maximum atomic E-state index is 12.4. The SMILES string of the molecule is Cc1ccc(C(=O)N2CCN(C(C)C)C(=O)C2)cc1C. The average Bonchev–Trinajstić information content (AvgIpc) is 2.40. The Morgan fingerprint density at radius 2 is 1.85 bits per heavy atom. The second-order valence-electron chi connectivity index (χ2n) is 5.71. The fraction of sp³-hybridized carbons (Fsp3) is 0.500. The van der Waals surface area contributed by atoms with Crippen LogP contribution in [0.5, 0.6) is 0 Å². The zero-order valence-corrected chi connectivity index (χ0v) is 12.6. The third kappa shape index (κ3) is 2.84. The molecule has 1 saturated heterocycles. The molecule has 1 aromatic rings. The van der Waals surface area contributed by atoms with Gasteiger partial charge in [-0.1, -0.05) is 6.07 Å². The zero-order chi connectivity index (χ0) is 14.9. The van der Waals surface area contributed by atoms with E-state index in [1.165, 1.54) is 5.56 Å². The van der Waals surface area contributed by atoms with E-state index in [9.17, 15) is 9.59 Å². The second kappa shape index (κ2) is 5.65. The Labute approximate surface area is 120 Å². The van der Waals surface area contributed by atoms with Crippen LogP contribution in [0.2, 0.25) is 0 Å². The van der Waals surface area contributed by atoms with E-state index in [1.54, 1.807) is 4.90 Å². The van der Waals surface area contributed by atoms with Crippen LogP contribution in [-0.2, 0) is 4.79 Å². The molecule has 1 aromatic carbocycles. The Bertz CT molecular complexity index is 537. The van der Waals surface area contributed by atoms with Crippen LogP contribution in [0.15, 0.2) is 18.2 Å². The molecule has 0 unspecified atom stereocenters. The normalized spacial score (nSPS) is 15.9. The fourth-order valence-electron chi connectivity index (χ4n) is 2.46. The van der Waals surface area contributed by atoms with E-state index in [2.05, 4.69) is 0 Å². The number of hydrogen-bond donors (Lipinski definition) is 0. The summed E-state index contributed by atoms with van der Waals surface area (Å²) in [6.07, 6.45) is 0. The van der Waals surface area contributed by atoms with Crippen molar-refractivity contribution in [3.8, 4) is 0 Å². The van der Waals surface area contributed by atoms with Gasteiger partial charge in [0.25, 0.3) is 5.91 Å². The average molecular weight is 274 g/mol. The van der Waals surface area contributed by atoms with Crippen molar-refractivity contribution in [2.24, 2.45) is 0 Å². The summed E-state index contributed by atoms with van der Waals surface area (Å²) in [6, 6.07) is 5.89. The minimum Gasteiger partial charge on any atom is -0.337 e. The predicted octanol–water partition coefficient (Wildman–Crippen LogP) is 2.00. The first kappa shape index (κ1) is 14.6. The number of nitrogens with zero attached hydrogens (tertiary/aromatic N) is 2. The van der Waals surface area contributed by atoms with E-state index in [-0.39, 0.29) is 24.4 Å². The number of piperazine rings is 1. The predicted molar refractivity (Wildman–Crippen MR) is 78.7 cm³/mol. The zero-order valence-electron chi connectivity index (χ0n) is 12.6. The monoisotopic (exact) mass is 274 g/mol. The number of carbonyl (C=O) groups is 2. The van der Waals surface area contributed by atoms with Crippen LogP contribution in [0.1, 0.15) is 35.3 Å². The molecule has 1 aliphatic heterocycles. The number of aryl methyl sites for hydroxylation is 2. The molecule has 0 bridgehead atoms. The van der Waals surface area contributed by atoms with Gasteiger partial charge in [0, 0.05) is 24.7 Å². The van der Waals surface area contributed by atoms with E-state index >= 15 is 0 Å². The van der Waals surface area contributed by atoms with Crippen molar-refractivity contribution in [3.63, 3.8) is 0 Å². The summed E-state index contributed by atoms with van der Waals surface area (Å²) in [4.78, 5) is 27.9. The van der Waals surface area contributed by atoms with Gasteiger partial charge >= 0.3 is 0 Å². The molecule has 0 aromatic heterocycles. The lowest BCUT2D eigenvalue weighted by Gasteiger charge is -2.36. The molecule has 20 heavy (non-hydrogen) atoms. The molecule has 0 N–H and O–H groups in total. The molecule has 0 saturated carbocycles. The van der Waals surface area contributed by atoms with Crippen molar-refractivity contribution in [3.05, 3.63) is 34.9 Å². The standard InChI is InChI=1S/C16H22N2O2/c1-11(2)18-8-7-17(10-15(18)19)16(20)14-6-5-12(3)13(4)9-14/h5-6,9,11H,7-8,10H2,1-4H3. The molecule has 0 atom stereocenters. The summed E-state index contributed by atoms with van der Waals surface area (Å²) >= 11 is 0. The van der Waals surface area contributed by atoms with Crippen LogP contribution in [-0.4, -0.2) is 47.3 Å². The smallest absolute Gasteiger partial charge is 0.254 e. The van der Waals surface area contributed by atoms with Gasteiger partial charge in [0.15, 0.2) is 0 Å². The van der Waals surface area contributed by atoms with Crippen LogP contribution < -0.4 is 0 Å². The number of benzene rings is 1. The van der Waals surface area contributed by atoms with Gasteiger partial charge in [-0.3, -0.25) is 9.59 Å². The molecule has 0 radical (unpaired) electrons. The summed E-state index contributed by atoms with van der Waals surface area (Å²) in [5.74, 6) is -0.0201. The minimum absolute atomic E-state index is 0.0310. The number of rotatable bonds is 2. The highest BCUT2D eigenvalue weighted by Crippen LogP contribution is 2.14. The number of carbonyl (C=O) groups excluding carboxylic acids is 2. The van der Waals surface area contributed by atoms with Crippen molar-refractivity contribution in [1.82, 2.24) is 9.80 Å². The first-order valence-electron chi connectivity index (χ1n) is 7.06. The molecule has 0 spiro atoms. The highest BCUT2D eigenvalue weighted by molar-refractivity contribution is 5.97. The third-order valence-corrected chi connectivity index (χ3v) is 3.92. The van der Waals surface area contributed by atoms with Crippen molar-refractivity contribution in [2.45, 2.75) is 33.7 Å². The highest BCUT2D eigenvalue weighted by atomic mass is 16.2. The highest BCUT2D eigenvalue weighted by Gasteiger charge is 2.28. The quantitative estimate of drug-likeness (QED) is 0.827. The molecule has 4 nitrogen and oxygen atoms in total. The van der Waals surface area contributed by atoms with Crippen LogP contribution >= 0.6 is 0 Å². The van der Waals surface area contributed by atoms with E-state index in [0.717, 1.165) is 5.56 Å². The Balaban J connectivity index is 2.11. The molecule has 4 heteroatoms. The van der Waals surface area contributed by atoms with Crippen molar-refractivity contribution < 1.29 is 9.59 Å². The molecule has 1 heterocycles. The van der Waals surface area contributed by atoms with Crippen LogP contribution in [0.3, 0.4) is 0 Å². The molecule has 1 aliphatic rings. The first-order valence-corrected chi connectivity index (χ1v) is 7.06. The van der Waals surface area contributed by atoms with E-state index in [4.69, 9.17) is 0 Å². The molecule has 2 rings (SSSR count). The largest absolute Gasteiger partial charge is 0.337 e. The van der Waals surface area contributed by atoms with Gasteiger partial charge in [-0.2, -0.15) is 0 Å². The van der Waals surface area contributed by atoms with Crippen molar-refractivity contribution >= 4 is 11.8 Å². The first-order chi connectivity index (χ1) is 9.40. The molecule has 1 fully saturated rings. The Hall–Kier alpha value is -1.84. The van der Waals surface area contributed by atoms with Gasteiger partial charge in [0.2, 0.25) is 5.91 Å². The van der Waals surface area contributed by atoms with Crippen molar-refractivity contribution in [2.75, 3.05) is 19.6 Å². The number of hydrogen-bond acceptors (Lipinski definition) is 2. The van der Waals surface area contributed by atoms with Gasteiger partial charge in [-0.05, 0) is 51.0 Å². The Kier molecular flexibility index (Phi) is 4.12. The van der Waals surface area contributed by atoms with Crippen LogP contribution in [0.4, 0.5) is 0 Å². The molecular weight excluding hydrogens is 252 g/mol. The van der Waals surface area contributed by atoms with Crippen molar-refractivity contribution in [1.29, 1.82) is 0 Å². The fourth-order valence-corrected chi connectivity index (χ4v) is 2.46. The van der Waals surface area contributed by atoms with Crippen LogP contribution in [0, 0.1) is 13.8 Å².